The van der Waals surface area contributed by atoms with Gasteiger partial charge in [0.2, 0.25) is 0 Å². The fourth-order valence-corrected chi connectivity index (χ4v) is 15.3. The van der Waals surface area contributed by atoms with Crippen LogP contribution in [-0.2, 0) is 78.2 Å². The molecular weight excluding hydrogens is 1460 g/mol. The molecule has 8 rings (SSSR count). The molecule has 38 heteroatoms. The van der Waals surface area contributed by atoms with Crippen LogP contribution in [0.3, 0.4) is 0 Å². The standard InChI is InChI=1S/C22H37BrN2O6Si.C20H29N2O15P3.C20H26N2O6/c1-10-15-16(31-32(8,9)22(5,6)7)11-17(29-15)24-13-14(12-23)18(26)25(19(24)27)20(28)30-21(2,3)4;1-12(2)18(13-6-4-3-5-7-13)33-10-14-9-22(20(25)21-19(14)24)17-8-15(23)16(35-17)11-34-39(29,30)37-40(31,32)36-38(26,27)28;1-12(2)18(13-6-4-3-5-7-13)27-11-14-9-22(20(26)21-19(14)25)17-8-15(24)16(10-23)28-17/h13,15-17H,10-12H2,1-9H3;3-7,9,12,15-18,23H,8,10-11H2,1-2H3,(H,29,30)(H,31,32)(H,21,24,25)(H2,26,27,28);3-7,9,12,15-18,23-24H,8,10-11H2,1-2H3,(H,21,25,26)/t15-,16-,17-;2*15-,16-,17-,18?/m111/s1. The second kappa shape index (κ2) is 35.0. The van der Waals surface area contributed by atoms with Crippen molar-refractivity contribution in [2.75, 3.05) is 13.2 Å². The van der Waals surface area contributed by atoms with Crippen LogP contribution in [0.4, 0.5) is 4.79 Å². The number of phosphoric ester groups is 1. The number of alkyl halides is 1. The first kappa shape index (κ1) is 83.6. The Kier molecular flexibility index (Phi) is 29.3. The van der Waals surface area contributed by atoms with Gasteiger partial charge in [-0.2, -0.15) is 13.2 Å². The van der Waals surface area contributed by atoms with Crippen LogP contribution in [0, 0.1) is 11.8 Å². The van der Waals surface area contributed by atoms with Gasteiger partial charge in [-0.25, -0.2) is 32.9 Å². The summed E-state index contributed by atoms with van der Waals surface area (Å²) in [6.45, 7) is 24.5. The van der Waals surface area contributed by atoms with Gasteiger partial charge in [-0.1, -0.05) is 132 Å². The van der Waals surface area contributed by atoms with Gasteiger partial charge in [0, 0.05) is 48.7 Å². The molecule has 3 aliphatic heterocycles. The van der Waals surface area contributed by atoms with E-state index in [2.05, 4.69) is 72.9 Å². The number of halogens is 1. The van der Waals surface area contributed by atoms with Crippen molar-refractivity contribution >= 4 is 53.8 Å². The fraction of sp³-hybridized carbons (Fsp3) is 0.597. The van der Waals surface area contributed by atoms with Gasteiger partial charge < -0.3 is 67.7 Å². The quantitative estimate of drug-likeness (QED) is 0.0157. The van der Waals surface area contributed by atoms with E-state index in [0.29, 0.717) is 11.0 Å². The number of carbonyl (C=O) groups excluding carboxylic acids is 1. The third-order valence-electron chi connectivity index (χ3n) is 16.5. The van der Waals surface area contributed by atoms with Crippen molar-refractivity contribution in [1.29, 1.82) is 0 Å². The van der Waals surface area contributed by atoms with E-state index >= 15 is 0 Å². The molecular formula is C62H92BrN6O27P3Si. The summed E-state index contributed by atoms with van der Waals surface area (Å²) in [6.07, 6.45) is -3.69. The Morgan fingerprint density at radius 3 is 1.50 bits per heavy atom. The van der Waals surface area contributed by atoms with Gasteiger partial charge in [-0.15, -0.1) is 0 Å². The topological polar surface area (TPSA) is 456 Å². The van der Waals surface area contributed by atoms with Gasteiger partial charge in [0.05, 0.1) is 74.2 Å². The van der Waals surface area contributed by atoms with Crippen molar-refractivity contribution in [2.24, 2.45) is 11.8 Å². The van der Waals surface area contributed by atoms with Crippen molar-refractivity contribution < 1.29 is 99.4 Å². The lowest BCUT2D eigenvalue weighted by molar-refractivity contribution is -0.0463. The SMILES string of the molecule is CC(C)C(OCc1cn([C@H]2C[C@@H](O)[C@@H](CO)O2)c(=O)[nH]c1=O)c1ccccc1.CC(C)C(OCc1cn([C@H]2C[C@@H](O)[C@@H](COP(=O)(O)OP(=O)(O)OP(=O)(O)O)O2)c(=O)[nH]c1=O)c1ccccc1.CC[C@H]1O[C@@H](n2cc(CBr)c(=O)n(C(=O)OC(C)(C)C)c2=O)C[C@H]1O[Si](C)(C)C(C)(C)C. The first-order valence-electron chi connectivity index (χ1n) is 32.0. The van der Waals surface area contributed by atoms with Crippen molar-refractivity contribution in [3.8, 4) is 0 Å². The monoisotopic (exact) mass is 1550 g/mol. The third-order valence-corrected chi connectivity index (χ3v) is 25.4. The molecule has 3 fully saturated rings. The minimum atomic E-state index is -5.72. The molecule has 3 saturated heterocycles. The van der Waals surface area contributed by atoms with E-state index in [1.165, 1.54) is 27.7 Å². The molecule has 6 heterocycles. The molecule has 33 nitrogen and oxygen atoms in total. The lowest BCUT2D eigenvalue weighted by atomic mass is 9.99. The Bertz CT molecular complexity index is 4090. The molecule has 0 radical (unpaired) electrons. The average Bonchev–Trinajstić information content (AvgIpc) is 1.46. The highest BCUT2D eigenvalue weighted by Gasteiger charge is 2.46. The highest BCUT2D eigenvalue weighted by molar-refractivity contribution is 9.08. The lowest BCUT2D eigenvalue weighted by Gasteiger charge is -2.39. The molecule has 0 saturated carbocycles. The summed E-state index contributed by atoms with van der Waals surface area (Å²) in [5, 5.41) is 29.7. The number of aliphatic hydroxyl groups is 3. The van der Waals surface area contributed by atoms with Crippen molar-refractivity contribution in [3.63, 3.8) is 0 Å². The van der Waals surface area contributed by atoms with Crippen LogP contribution in [0.15, 0.2) is 108 Å². The highest BCUT2D eigenvalue weighted by Crippen LogP contribution is 2.66. The van der Waals surface area contributed by atoms with Crippen LogP contribution in [0.5, 0.6) is 0 Å². The molecule has 3 aliphatic rings. The largest absolute Gasteiger partial charge is 0.490 e. The second-order valence-corrected chi connectivity index (χ2v) is 36.9. The Balaban J connectivity index is 0.000000240. The van der Waals surface area contributed by atoms with Crippen molar-refractivity contribution in [2.45, 2.75) is 212 Å². The number of phosphoric acid groups is 3. The maximum absolute atomic E-state index is 13.2. The number of hydrogen-bond donors (Lipinski definition) is 9. The Hall–Kier alpha value is -5.30. The summed E-state index contributed by atoms with van der Waals surface area (Å²) in [5.41, 5.74) is -2.51. The van der Waals surface area contributed by atoms with E-state index in [1.807, 2.05) is 95.3 Å². The molecule has 4 unspecified atom stereocenters. The zero-order valence-electron chi connectivity index (χ0n) is 57.7. The fourth-order valence-electron chi connectivity index (χ4n) is 10.5. The Morgan fingerprint density at radius 1 is 0.650 bits per heavy atom. The molecule has 100 heavy (non-hydrogen) atoms. The van der Waals surface area contributed by atoms with Crippen molar-refractivity contribution in [3.05, 3.63) is 170 Å². The maximum atomic E-state index is 13.2. The Morgan fingerprint density at radius 2 is 1.09 bits per heavy atom. The number of H-pyrrole nitrogens is 2. The molecule has 0 amide bonds. The predicted octanol–water partition coefficient (Wildman–Crippen LogP) is 7.31. The predicted molar refractivity (Wildman–Crippen MR) is 366 cm³/mol. The summed E-state index contributed by atoms with van der Waals surface area (Å²) in [5.74, 6) is 0.238. The first-order chi connectivity index (χ1) is 46.4. The molecule has 2 aromatic carbocycles. The molecule has 3 aromatic heterocycles. The molecule has 9 N–H and O–H groups in total. The third kappa shape index (κ3) is 23.1. The van der Waals surface area contributed by atoms with Crippen LogP contribution in [0.2, 0.25) is 18.1 Å². The number of hydrogen-bond acceptors (Lipinski definition) is 23. The minimum absolute atomic E-state index is 0.0199. The molecule has 0 aliphatic carbocycles. The van der Waals surface area contributed by atoms with Gasteiger partial charge in [-0.05, 0) is 68.3 Å². The molecule has 5 aromatic rings. The van der Waals surface area contributed by atoms with Gasteiger partial charge in [0.15, 0.2) is 8.32 Å². The number of nitrogens with one attached hydrogen (secondary N) is 2. The van der Waals surface area contributed by atoms with Gasteiger partial charge in [0.1, 0.15) is 36.5 Å². The van der Waals surface area contributed by atoms with Crippen molar-refractivity contribution in [1.82, 2.24) is 28.2 Å². The number of aromatic nitrogens is 6. The minimum Gasteiger partial charge on any atom is -0.443 e. The summed E-state index contributed by atoms with van der Waals surface area (Å²) in [4.78, 5) is 128. The number of benzene rings is 2. The number of carbonyl (C=O) groups is 1. The van der Waals surface area contributed by atoms with Crippen LogP contribution in [0.1, 0.15) is 161 Å². The zero-order chi connectivity index (χ0) is 74.8. The highest BCUT2D eigenvalue weighted by atomic mass is 79.9. The number of aromatic amines is 2. The molecule has 13 atom stereocenters. The smallest absolute Gasteiger partial charge is 0.443 e. The molecule has 0 bridgehead atoms. The number of aliphatic hydroxyl groups excluding tert-OH is 3. The summed E-state index contributed by atoms with van der Waals surface area (Å²) in [7, 11) is -18.8. The summed E-state index contributed by atoms with van der Waals surface area (Å²) in [6, 6.07) is 19.1. The molecule has 558 valence electrons. The number of ether oxygens (including phenoxy) is 6. The average molecular weight is 1550 g/mol. The first-order valence-corrected chi connectivity index (χ1v) is 40.5. The normalized spacial score (nSPS) is 23.1. The van der Waals surface area contributed by atoms with E-state index in [0.717, 1.165) is 22.1 Å². The van der Waals surface area contributed by atoms with Gasteiger partial charge >= 0.3 is 46.6 Å². The summed E-state index contributed by atoms with van der Waals surface area (Å²) < 4.78 is 91.1. The number of nitrogens with zero attached hydrogens (tertiary/aromatic N) is 4. The molecule has 0 spiro atoms. The van der Waals surface area contributed by atoms with E-state index in [9.17, 15) is 72.4 Å². The maximum Gasteiger partial charge on any atom is 0.490 e. The van der Waals surface area contributed by atoms with E-state index in [1.54, 1.807) is 20.8 Å². The zero-order valence-corrected chi connectivity index (χ0v) is 62.9. The van der Waals surface area contributed by atoms with Gasteiger partial charge in [0.25, 0.3) is 16.7 Å². The van der Waals surface area contributed by atoms with E-state index in [4.69, 9.17) is 42.6 Å². The van der Waals surface area contributed by atoms with Crippen LogP contribution < -0.4 is 33.7 Å². The van der Waals surface area contributed by atoms with Gasteiger partial charge in [-0.3, -0.25) is 42.6 Å². The summed E-state index contributed by atoms with van der Waals surface area (Å²) >= 11 is 3.28. The van der Waals surface area contributed by atoms with Crippen LogP contribution in [0.25, 0.3) is 0 Å². The second-order valence-electron chi connectivity index (χ2n) is 27.1. The lowest BCUT2D eigenvalue weighted by Crippen LogP contribution is -2.47. The van der Waals surface area contributed by atoms with Crippen LogP contribution in [-0.4, -0.2) is 133 Å². The van der Waals surface area contributed by atoms with Crippen LogP contribution >= 0.6 is 39.4 Å². The van der Waals surface area contributed by atoms with E-state index < -0.39 is 127 Å². The van der Waals surface area contributed by atoms with E-state index in [-0.39, 0.29) is 96.0 Å². The number of rotatable bonds is 25. The Labute approximate surface area is 585 Å².